The molecule has 3 heteroatoms. The first kappa shape index (κ1) is 14.2. The third kappa shape index (κ3) is 4.50. The van der Waals surface area contributed by atoms with Crippen molar-refractivity contribution in [1.82, 2.24) is 15.1 Å². The summed E-state index contributed by atoms with van der Waals surface area (Å²) in [4.78, 5) is 0. The summed E-state index contributed by atoms with van der Waals surface area (Å²) in [5.74, 6) is 0. The van der Waals surface area contributed by atoms with Gasteiger partial charge in [-0.15, -0.1) is 0 Å². The normalized spacial score (nSPS) is 12.9. The summed E-state index contributed by atoms with van der Waals surface area (Å²) < 4.78 is 2.13. The Morgan fingerprint density at radius 3 is 2.65 bits per heavy atom. The SMILES string of the molecule is CCCNC(CCC)Cc1cc(C)nn1CC. The molecule has 0 aromatic carbocycles. The molecule has 98 valence electrons. The van der Waals surface area contributed by atoms with E-state index in [-0.39, 0.29) is 0 Å². The second kappa shape index (κ2) is 7.49. The molecule has 0 aliphatic carbocycles. The Labute approximate surface area is 106 Å². The molecule has 0 spiro atoms. The first-order valence-electron chi connectivity index (χ1n) is 6.97. The highest BCUT2D eigenvalue weighted by Crippen LogP contribution is 2.10. The van der Waals surface area contributed by atoms with Crippen molar-refractivity contribution in [3.05, 3.63) is 17.5 Å². The molecule has 0 aliphatic heterocycles. The van der Waals surface area contributed by atoms with E-state index < -0.39 is 0 Å². The molecular formula is C14H27N3. The minimum absolute atomic E-state index is 0.598. The molecule has 0 aliphatic rings. The Balaban J connectivity index is 2.63. The van der Waals surface area contributed by atoms with E-state index >= 15 is 0 Å². The lowest BCUT2D eigenvalue weighted by Crippen LogP contribution is -2.32. The van der Waals surface area contributed by atoms with Crippen molar-refractivity contribution in [3.8, 4) is 0 Å². The smallest absolute Gasteiger partial charge is 0.0596 e. The first-order chi connectivity index (χ1) is 8.21. The van der Waals surface area contributed by atoms with Gasteiger partial charge in [0.05, 0.1) is 5.69 Å². The Kier molecular flexibility index (Phi) is 6.27. The van der Waals surface area contributed by atoms with Gasteiger partial charge >= 0.3 is 0 Å². The third-order valence-corrected chi connectivity index (χ3v) is 3.06. The van der Waals surface area contributed by atoms with Gasteiger partial charge in [0, 0.05) is 24.7 Å². The highest BCUT2D eigenvalue weighted by Gasteiger charge is 2.11. The van der Waals surface area contributed by atoms with Crippen LogP contribution in [0.15, 0.2) is 6.07 Å². The molecule has 1 atom stereocenters. The molecule has 1 aromatic heterocycles. The van der Waals surface area contributed by atoms with Crippen molar-refractivity contribution in [2.45, 2.75) is 66.0 Å². The average Bonchev–Trinajstić information content (AvgIpc) is 2.66. The van der Waals surface area contributed by atoms with E-state index in [2.05, 4.69) is 48.9 Å². The molecule has 1 unspecified atom stereocenters. The van der Waals surface area contributed by atoms with E-state index in [9.17, 15) is 0 Å². The fraction of sp³-hybridized carbons (Fsp3) is 0.786. The fourth-order valence-corrected chi connectivity index (χ4v) is 2.26. The molecule has 0 saturated carbocycles. The largest absolute Gasteiger partial charge is 0.314 e. The Bertz CT molecular complexity index is 317. The third-order valence-electron chi connectivity index (χ3n) is 3.06. The van der Waals surface area contributed by atoms with Crippen LogP contribution in [0.25, 0.3) is 0 Å². The predicted molar refractivity (Wildman–Crippen MR) is 73.3 cm³/mol. The second-order valence-corrected chi connectivity index (χ2v) is 4.74. The van der Waals surface area contributed by atoms with Gasteiger partial charge in [-0.2, -0.15) is 5.10 Å². The molecule has 17 heavy (non-hydrogen) atoms. The molecule has 1 N–H and O–H groups in total. The first-order valence-corrected chi connectivity index (χ1v) is 6.97. The topological polar surface area (TPSA) is 29.9 Å². The molecule has 1 heterocycles. The lowest BCUT2D eigenvalue weighted by Gasteiger charge is -2.18. The highest BCUT2D eigenvalue weighted by atomic mass is 15.3. The lowest BCUT2D eigenvalue weighted by molar-refractivity contribution is 0.456. The number of nitrogens with zero attached hydrogens (tertiary/aromatic N) is 2. The monoisotopic (exact) mass is 237 g/mol. The summed E-state index contributed by atoms with van der Waals surface area (Å²) in [5.41, 5.74) is 2.50. The van der Waals surface area contributed by atoms with Gasteiger partial charge < -0.3 is 5.32 Å². The minimum Gasteiger partial charge on any atom is -0.314 e. The van der Waals surface area contributed by atoms with Crippen molar-refractivity contribution < 1.29 is 0 Å². The molecule has 0 amide bonds. The van der Waals surface area contributed by atoms with Crippen LogP contribution in [-0.4, -0.2) is 22.4 Å². The summed E-state index contributed by atoms with van der Waals surface area (Å²) in [5, 5.41) is 8.15. The number of nitrogens with one attached hydrogen (secondary N) is 1. The van der Waals surface area contributed by atoms with Gasteiger partial charge in [-0.1, -0.05) is 20.3 Å². The number of hydrogen-bond donors (Lipinski definition) is 1. The van der Waals surface area contributed by atoms with Crippen molar-refractivity contribution in [2.24, 2.45) is 0 Å². The summed E-state index contributed by atoms with van der Waals surface area (Å²) in [6.45, 7) is 10.8. The van der Waals surface area contributed by atoms with Gasteiger partial charge in [-0.3, -0.25) is 4.68 Å². The molecule has 3 nitrogen and oxygen atoms in total. The summed E-state index contributed by atoms with van der Waals surface area (Å²) in [6.07, 6.45) is 4.78. The van der Waals surface area contributed by atoms with E-state index in [0.29, 0.717) is 6.04 Å². The molecule has 0 saturated heterocycles. The van der Waals surface area contributed by atoms with E-state index in [1.54, 1.807) is 0 Å². The van der Waals surface area contributed by atoms with Crippen molar-refractivity contribution in [1.29, 1.82) is 0 Å². The number of hydrogen-bond acceptors (Lipinski definition) is 2. The number of aromatic nitrogens is 2. The highest BCUT2D eigenvalue weighted by molar-refractivity contribution is 5.10. The maximum Gasteiger partial charge on any atom is 0.0596 e. The maximum absolute atomic E-state index is 4.51. The molecule has 0 fully saturated rings. The Hall–Kier alpha value is -0.830. The summed E-state index contributed by atoms with van der Waals surface area (Å²) >= 11 is 0. The summed E-state index contributed by atoms with van der Waals surface area (Å²) in [6, 6.07) is 2.82. The van der Waals surface area contributed by atoms with Gasteiger partial charge in [-0.05, 0) is 39.3 Å². The van der Waals surface area contributed by atoms with Crippen LogP contribution in [0.3, 0.4) is 0 Å². The Morgan fingerprint density at radius 1 is 1.29 bits per heavy atom. The van der Waals surface area contributed by atoms with Gasteiger partial charge in [-0.25, -0.2) is 0 Å². The van der Waals surface area contributed by atoms with Gasteiger partial charge in [0.2, 0.25) is 0 Å². The predicted octanol–water partition coefficient (Wildman–Crippen LogP) is 2.92. The van der Waals surface area contributed by atoms with Gasteiger partial charge in [0.25, 0.3) is 0 Å². The minimum atomic E-state index is 0.598. The van der Waals surface area contributed by atoms with E-state index in [1.807, 2.05) is 0 Å². The second-order valence-electron chi connectivity index (χ2n) is 4.74. The molecule has 1 rings (SSSR count). The van der Waals surface area contributed by atoms with Crippen molar-refractivity contribution in [3.63, 3.8) is 0 Å². The van der Waals surface area contributed by atoms with E-state index in [4.69, 9.17) is 0 Å². The van der Waals surface area contributed by atoms with E-state index in [0.717, 1.165) is 25.2 Å². The van der Waals surface area contributed by atoms with Gasteiger partial charge in [0.1, 0.15) is 0 Å². The van der Waals surface area contributed by atoms with E-state index in [1.165, 1.54) is 25.0 Å². The van der Waals surface area contributed by atoms with Crippen molar-refractivity contribution in [2.75, 3.05) is 6.54 Å². The molecule has 0 bridgehead atoms. The van der Waals surface area contributed by atoms with Crippen LogP contribution in [0.5, 0.6) is 0 Å². The quantitative estimate of drug-likeness (QED) is 0.753. The lowest BCUT2D eigenvalue weighted by atomic mass is 10.1. The van der Waals surface area contributed by atoms with Gasteiger partial charge in [0.15, 0.2) is 0 Å². The zero-order chi connectivity index (χ0) is 12.7. The van der Waals surface area contributed by atoms with Crippen LogP contribution < -0.4 is 5.32 Å². The van der Waals surface area contributed by atoms with Crippen LogP contribution in [0.4, 0.5) is 0 Å². The van der Waals surface area contributed by atoms with Crippen LogP contribution in [0.2, 0.25) is 0 Å². The maximum atomic E-state index is 4.51. The fourth-order valence-electron chi connectivity index (χ4n) is 2.26. The standard InChI is InChI=1S/C14H27N3/c1-5-8-13(15-9-6-2)11-14-10-12(4)16-17(14)7-3/h10,13,15H,5-9,11H2,1-4H3. The number of rotatable bonds is 8. The van der Waals surface area contributed by atoms with Crippen LogP contribution in [-0.2, 0) is 13.0 Å². The van der Waals surface area contributed by atoms with Crippen molar-refractivity contribution >= 4 is 0 Å². The van der Waals surface area contributed by atoms with Crippen LogP contribution in [0, 0.1) is 6.92 Å². The molecule has 0 radical (unpaired) electrons. The average molecular weight is 237 g/mol. The molecule has 1 aromatic rings. The summed E-state index contributed by atoms with van der Waals surface area (Å²) in [7, 11) is 0. The zero-order valence-electron chi connectivity index (χ0n) is 11.8. The zero-order valence-corrected chi connectivity index (χ0v) is 11.8. The Morgan fingerprint density at radius 2 is 2.06 bits per heavy atom. The molecular weight excluding hydrogens is 210 g/mol. The number of aryl methyl sites for hydroxylation is 2. The van der Waals surface area contributed by atoms with Crippen LogP contribution in [0.1, 0.15) is 51.4 Å². The van der Waals surface area contributed by atoms with Crippen LogP contribution >= 0.6 is 0 Å².